The predicted molar refractivity (Wildman–Crippen MR) is 77.8 cm³/mol. The van der Waals surface area contributed by atoms with E-state index in [1.165, 1.54) is 12.1 Å². The van der Waals surface area contributed by atoms with Crippen molar-refractivity contribution in [2.24, 2.45) is 0 Å². The Hall–Kier alpha value is -1.41. The molecule has 0 unspecified atom stereocenters. The lowest BCUT2D eigenvalue weighted by Gasteiger charge is -2.18. The molecule has 3 nitrogen and oxygen atoms in total. The summed E-state index contributed by atoms with van der Waals surface area (Å²) in [6.07, 6.45) is 0.222. The number of hydrogen-bond acceptors (Lipinski definition) is 3. The maximum Gasteiger partial charge on any atom is 0.124 e. The number of halogens is 1. The van der Waals surface area contributed by atoms with Crippen molar-refractivity contribution in [1.82, 2.24) is 4.90 Å². The summed E-state index contributed by atoms with van der Waals surface area (Å²) in [6.45, 7) is 5.89. The summed E-state index contributed by atoms with van der Waals surface area (Å²) in [5.41, 5.74) is 1.56. The molecular formula is C16H22FNO2. The van der Waals surface area contributed by atoms with Crippen molar-refractivity contribution in [3.63, 3.8) is 0 Å². The van der Waals surface area contributed by atoms with Gasteiger partial charge in [0.05, 0.1) is 12.7 Å². The highest BCUT2D eigenvalue weighted by atomic mass is 19.1. The molecule has 0 fully saturated rings. The molecule has 0 aliphatic rings. The maximum atomic E-state index is 13.2. The van der Waals surface area contributed by atoms with Crippen LogP contribution in [0.3, 0.4) is 0 Å². The van der Waals surface area contributed by atoms with Gasteiger partial charge in [0.25, 0.3) is 0 Å². The third-order valence-corrected chi connectivity index (χ3v) is 2.74. The highest BCUT2D eigenvalue weighted by Gasteiger charge is 2.06. The summed E-state index contributed by atoms with van der Waals surface area (Å²) >= 11 is 0. The molecule has 0 bridgehead atoms. The largest absolute Gasteiger partial charge is 0.384 e. The zero-order chi connectivity index (χ0) is 15.0. The number of ether oxygens (including phenoxy) is 1. The van der Waals surface area contributed by atoms with Gasteiger partial charge in [0.15, 0.2) is 0 Å². The van der Waals surface area contributed by atoms with Crippen LogP contribution in [-0.2, 0) is 11.3 Å². The Morgan fingerprint density at radius 1 is 1.40 bits per heavy atom. The van der Waals surface area contributed by atoms with Crippen LogP contribution in [0, 0.1) is 17.7 Å². The number of aliphatic hydroxyl groups is 1. The average molecular weight is 279 g/mol. The third kappa shape index (κ3) is 6.16. The molecule has 0 amide bonds. The fraction of sp³-hybridized carbons (Fsp3) is 0.500. The molecule has 0 aliphatic carbocycles. The summed E-state index contributed by atoms with van der Waals surface area (Å²) in [7, 11) is 1.98. The molecule has 20 heavy (non-hydrogen) atoms. The van der Waals surface area contributed by atoms with E-state index in [0.717, 1.165) is 12.1 Å². The van der Waals surface area contributed by atoms with Crippen LogP contribution in [0.2, 0.25) is 0 Å². The molecule has 1 aromatic rings. The highest BCUT2D eigenvalue weighted by molar-refractivity contribution is 5.41. The van der Waals surface area contributed by atoms with E-state index in [-0.39, 0.29) is 18.5 Å². The minimum atomic E-state index is -0.318. The smallest absolute Gasteiger partial charge is 0.124 e. The molecule has 0 aromatic heterocycles. The monoisotopic (exact) mass is 279 g/mol. The van der Waals surface area contributed by atoms with E-state index >= 15 is 0 Å². The second-order valence-electron chi connectivity index (χ2n) is 4.92. The van der Waals surface area contributed by atoms with Crippen molar-refractivity contribution in [2.75, 3.05) is 26.8 Å². The fourth-order valence-electron chi connectivity index (χ4n) is 1.75. The van der Waals surface area contributed by atoms with E-state index < -0.39 is 0 Å². The summed E-state index contributed by atoms with van der Waals surface area (Å²) in [5, 5.41) is 8.74. The molecular weight excluding hydrogens is 257 g/mol. The Balaban J connectivity index is 2.66. The first-order valence-corrected chi connectivity index (χ1v) is 6.71. The predicted octanol–water partition coefficient (Wildman–Crippen LogP) is 2.03. The van der Waals surface area contributed by atoms with Gasteiger partial charge in [0, 0.05) is 18.7 Å². The quantitative estimate of drug-likeness (QED) is 0.809. The summed E-state index contributed by atoms with van der Waals surface area (Å²) in [5.74, 6) is 5.03. The van der Waals surface area contributed by atoms with Crippen molar-refractivity contribution < 1.29 is 14.2 Å². The first kappa shape index (κ1) is 16.6. The van der Waals surface area contributed by atoms with E-state index in [1.807, 2.05) is 20.9 Å². The van der Waals surface area contributed by atoms with Crippen LogP contribution >= 0.6 is 0 Å². The van der Waals surface area contributed by atoms with Crippen LogP contribution in [0.15, 0.2) is 18.2 Å². The molecule has 1 aromatic carbocycles. The minimum Gasteiger partial charge on any atom is -0.384 e. The lowest BCUT2D eigenvalue weighted by Crippen LogP contribution is -2.24. The Bertz CT molecular complexity index is 477. The Kier molecular flexibility index (Phi) is 7.24. The van der Waals surface area contributed by atoms with E-state index in [4.69, 9.17) is 9.84 Å². The Labute approximate surface area is 120 Å². The van der Waals surface area contributed by atoms with Gasteiger partial charge in [-0.25, -0.2) is 4.39 Å². The van der Waals surface area contributed by atoms with Gasteiger partial charge < -0.3 is 9.84 Å². The number of benzene rings is 1. The number of rotatable bonds is 6. The zero-order valence-electron chi connectivity index (χ0n) is 12.3. The SMILES string of the molecule is CC(C)OCCN(C)Cc1ccc(F)cc1C#CCO. The Morgan fingerprint density at radius 2 is 2.15 bits per heavy atom. The minimum absolute atomic E-state index is 0.222. The molecule has 0 radical (unpaired) electrons. The number of hydrogen-bond donors (Lipinski definition) is 1. The van der Waals surface area contributed by atoms with Crippen LogP contribution in [0.25, 0.3) is 0 Å². The van der Waals surface area contributed by atoms with Crippen molar-refractivity contribution in [1.29, 1.82) is 0 Å². The van der Waals surface area contributed by atoms with Gasteiger partial charge in [0.1, 0.15) is 12.4 Å². The van der Waals surface area contributed by atoms with Gasteiger partial charge in [-0.05, 0) is 38.6 Å². The van der Waals surface area contributed by atoms with Crippen LogP contribution in [0.4, 0.5) is 4.39 Å². The molecule has 1 rings (SSSR count). The number of likely N-dealkylation sites (N-methyl/N-ethyl adjacent to an activating group) is 1. The van der Waals surface area contributed by atoms with Crippen LogP contribution in [0.5, 0.6) is 0 Å². The average Bonchev–Trinajstić information content (AvgIpc) is 2.38. The van der Waals surface area contributed by atoms with Crippen molar-refractivity contribution in [3.05, 3.63) is 35.1 Å². The molecule has 110 valence electrons. The molecule has 0 saturated carbocycles. The fourth-order valence-corrected chi connectivity index (χ4v) is 1.75. The van der Waals surface area contributed by atoms with Crippen molar-refractivity contribution in [2.45, 2.75) is 26.5 Å². The molecule has 0 spiro atoms. The van der Waals surface area contributed by atoms with Gasteiger partial charge in [-0.15, -0.1) is 0 Å². The normalized spacial score (nSPS) is 10.8. The van der Waals surface area contributed by atoms with Crippen molar-refractivity contribution >= 4 is 0 Å². The van der Waals surface area contributed by atoms with Gasteiger partial charge in [-0.2, -0.15) is 0 Å². The molecule has 0 aliphatic heterocycles. The zero-order valence-corrected chi connectivity index (χ0v) is 12.3. The first-order valence-electron chi connectivity index (χ1n) is 6.71. The highest BCUT2D eigenvalue weighted by Crippen LogP contribution is 2.12. The van der Waals surface area contributed by atoms with E-state index in [2.05, 4.69) is 16.7 Å². The topological polar surface area (TPSA) is 32.7 Å². The number of aliphatic hydroxyl groups excluding tert-OH is 1. The summed E-state index contributed by atoms with van der Waals surface area (Å²) in [6, 6.07) is 4.56. The first-order chi connectivity index (χ1) is 9.52. The van der Waals surface area contributed by atoms with Crippen LogP contribution in [0.1, 0.15) is 25.0 Å². The number of nitrogens with zero attached hydrogens (tertiary/aromatic N) is 1. The van der Waals surface area contributed by atoms with E-state index in [1.54, 1.807) is 6.07 Å². The van der Waals surface area contributed by atoms with Gasteiger partial charge >= 0.3 is 0 Å². The molecule has 4 heteroatoms. The third-order valence-electron chi connectivity index (χ3n) is 2.74. The van der Waals surface area contributed by atoms with Crippen LogP contribution in [-0.4, -0.2) is 42.9 Å². The lowest BCUT2D eigenvalue weighted by molar-refractivity contribution is 0.0627. The van der Waals surface area contributed by atoms with E-state index in [9.17, 15) is 4.39 Å². The van der Waals surface area contributed by atoms with Crippen molar-refractivity contribution in [3.8, 4) is 11.8 Å². The standard InChI is InChI=1S/C16H22FNO2/c1-13(2)20-10-8-18(3)12-15-6-7-16(17)11-14(15)5-4-9-19/h6-7,11,13,19H,8-10,12H2,1-3H3. The van der Waals surface area contributed by atoms with Gasteiger partial charge in [0.2, 0.25) is 0 Å². The second kappa shape index (κ2) is 8.70. The summed E-state index contributed by atoms with van der Waals surface area (Å²) in [4.78, 5) is 2.10. The lowest BCUT2D eigenvalue weighted by atomic mass is 10.1. The molecule has 1 N–H and O–H groups in total. The second-order valence-corrected chi connectivity index (χ2v) is 4.92. The molecule has 0 saturated heterocycles. The molecule has 0 atom stereocenters. The van der Waals surface area contributed by atoms with Crippen LogP contribution < -0.4 is 0 Å². The van der Waals surface area contributed by atoms with Gasteiger partial charge in [-0.3, -0.25) is 4.90 Å². The Morgan fingerprint density at radius 3 is 2.80 bits per heavy atom. The molecule has 0 heterocycles. The van der Waals surface area contributed by atoms with Gasteiger partial charge in [-0.1, -0.05) is 17.9 Å². The maximum absolute atomic E-state index is 13.2. The summed E-state index contributed by atoms with van der Waals surface area (Å²) < 4.78 is 18.7. The van der Waals surface area contributed by atoms with E-state index in [0.29, 0.717) is 18.7 Å².